The highest BCUT2D eigenvalue weighted by Gasteiger charge is 2.43. The summed E-state index contributed by atoms with van der Waals surface area (Å²) in [7, 11) is -4.52. The van der Waals surface area contributed by atoms with E-state index in [4.69, 9.17) is 0 Å². The molecule has 0 aliphatic rings. The standard InChI is InChI=1S/C65H70O2Si/c1-39-33-48(10)63(49(11)34-39)68(66,67)64-50(37-57-53(59-40(2)21-15-22-41(59)3)29-19-30-54(57)60-42(4)23-16-24-43(60)5)35-52(65(12,13)14)36-51(64)38-58-55(61-44(6)25-17-26-45(61)7)31-20-32-56(58)62-46(8)27-18-28-47(62)9/h15-36,66-67H,37-38H2,1-14H3. The molecule has 0 saturated carbocycles. The van der Waals surface area contributed by atoms with E-state index < -0.39 is 8.56 Å². The fourth-order valence-electron chi connectivity index (χ4n) is 11.6. The van der Waals surface area contributed by atoms with Gasteiger partial charge in [0.05, 0.1) is 0 Å². The van der Waals surface area contributed by atoms with E-state index in [0.717, 1.165) is 27.8 Å². The van der Waals surface area contributed by atoms with E-state index in [2.05, 4.69) is 230 Å². The lowest BCUT2D eigenvalue weighted by Gasteiger charge is -2.32. The lowest BCUT2D eigenvalue weighted by molar-refractivity contribution is 0.400. The lowest BCUT2D eigenvalue weighted by Crippen LogP contribution is -2.63. The van der Waals surface area contributed by atoms with Gasteiger partial charge in [0.2, 0.25) is 0 Å². The van der Waals surface area contributed by atoms with Gasteiger partial charge in [-0.25, -0.2) is 0 Å². The Labute approximate surface area is 408 Å². The summed E-state index contributed by atoms with van der Waals surface area (Å²) >= 11 is 0. The highest BCUT2D eigenvalue weighted by molar-refractivity contribution is 6.91. The molecule has 0 unspecified atom stereocenters. The number of hydrogen-bond acceptors (Lipinski definition) is 2. The van der Waals surface area contributed by atoms with Crippen LogP contribution in [-0.4, -0.2) is 18.2 Å². The van der Waals surface area contributed by atoms with Gasteiger partial charge in [-0.05, 0) is 222 Å². The van der Waals surface area contributed by atoms with Crippen LogP contribution < -0.4 is 10.4 Å². The smallest absolute Gasteiger partial charge is 0.402 e. The molecular formula is C65H70O2Si. The Balaban J connectivity index is 1.54. The van der Waals surface area contributed by atoms with Crippen molar-refractivity contribution in [3.63, 3.8) is 0 Å². The van der Waals surface area contributed by atoms with E-state index in [0.29, 0.717) is 23.2 Å². The van der Waals surface area contributed by atoms with Crippen LogP contribution in [-0.2, 0) is 18.3 Å². The number of rotatable bonds is 10. The van der Waals surface area contributed by atoms with E-state index >= 15 is 0 Å². The second-order valence-corrected chi connectivity index (χ2v) is 23.3. The Hall–Kier alpha value is -6.10. The van der Waals surface area contributed by atoms with Crippen LogP contribution >= 0.6 is 0 Å². The fourth-order valence-corrected chi connectivity index (χ4v) is 14.3. The number of benzene rings is 8. The molecule has 0 radical (unpaired) electrons. The van der Waals surface area contributed by atoms with E-state index in [9.17, 15) is 9.59 Å². The molecule has 3 heteroatoms. The van der Waals surface area contributed by atoms with Gasteiger partial charge in [0.15, 0.2) is 0 Å². The normalized spacial score (nSPS) is 11.9. The average molecular weight is 911 g/mol. The van der Waals surface area contributed by atoms with Crippen molar-refractivity contribution in [1.82, 2.24) is 0 Å². The van der Waals surface area contributed by atoms with Gasteiger partial charge in [0.1, 0.15) is 0 Å². The fraction of sp³-hybridized carbons (Fsp3) is 0.262. The Bertz CT molecular complexity index is 2830. The molecule has 0 bridgehead atoms. The zero-order valence-corrected chi connectivity index (χ0v) is 44.0. The minimum Gasteiger partial charge on any atom is -0.404 e. The molecule has 2 nitrogen and oxygen atoms in total. The lowest BCUT2D eigenvalue weighted by atomic mass is 9.79. The average Bonchev–Trinajstić information content (AvgIpc) is 3.24. The van der Waals surface area contributed by atoms with Crippen LogP contribution in [0.2, 0.25) is 0 Å². The first-order valence-corrected chi connectivity index (χ1v) is 26.3. The van der Waals surface area contributed by atoms with Crippen LogP contribution in [0.15, 0.2) is 133 Å². The third kappa shape index (κ3) is 9.01. The summed E-state index contributed by atoms with van der Waals surface area (Å²) in [5.41, 5.74) is 27.5. The zero-order valence-electron chi connectivity index (χ0n) is 43.0. The van der Waals surface area contributed by atoms with Crippen LogP contribution in [0.25, 0.3) is 44.5 Å². The maximum Gasteiger partial charge on any atom is 0.402 e. The summed E-state index contributed by atoms with van der Waals surface area (Å²) in [5, 5.41) is 1.36. The van der Waals surface area contributed by atoms with Crippen LogP contribution in [0.3, 0.4) is 0 Å². The van der Waals surface area contributed by atoms with E-state index in [-0.39, 0.29) is 5.41 Å². The molecule has 0 heterocycles. The first kappa shape index (κ1) is 48.4. The molecular weight excluding hydrogens is 841 g/mol. The van der Waals surface area contributed by atoms with Crippen molar-refractivity contribution >= 4 is 18.9 Å². The zero-order chi connectivity index (χ0) is 49.0. The molecule has 8 aromatic rings. The van der Waals surface area contributed by atoms with Gasteiger partial charge in [-0.2, -0.15) is 0 Å². The van der Waals surface area contributed by atoms with Gasteiger partial charge >= 0.3 is 8.56 Å². The minimum absolute atomic E-state index is 0.254. The highest BCUT2D eigenvalue weighted by Crippen LogP contribution is 2.43. The van der Waals surface area contributed by atoms with Crippen molar-refractivity contribution < 1.29 is 9.59 Å². The van der Waals surface area contributed by atoms with Crippen molar-refractivity contribution in [3.8, 4) is 44.5 Å². The van der Waals surface area contributed by atoms with Gasteiger partial charge in [0, 0.05) is 10.4 Å². The maximum atomic E-state index is 13.7. The van der Waals surface area contributed by atoms with Crippen molar-refractivity contribution in [2.75, 3.05) is 0 Å². The number of aryl methyl sites for hydroxylation is 11. The molecule has 68 heavy (non-hydrogen) atoms. The molecule has 0 spiro atoms. The van der Waals surface area contributed by atoms with Crippen molar-refractivity contribution in [1.29, 1.82) is 0 Å². The van der Waals surface area contributed by atoms with Crippen molar-refractivity contribution in [3.05, 3.63) is 222 Å². The van der Waals surface area contributed by atoms with E-state index in [1.54, 1.807) is 0 Å². The first-order valence-electron chi connectivity index (χ1n) is 24.4. The quantitative estimate of drug-likeness (QED) is 0.134. The molecule has 0 amide bonds. The SMILES string of the molecule is Cc1cc(C)c([Si](O)(O)c2c(Cc3c(-c4c(C)cccc4C)cccc3-c3c(C)cccc3C)cc(C(C)(C)C)cc2Cc2c(-c3c(C)cccc3C)cccc2-c2c(C)cccc2C)c(C)c1. The summed E-state index contributed by atoms with van der Waals surface area (Å²) < 4.78 is 0. The third-order valence-electron chi connectivity index (χ3n) is 14.6. The van der Waals surface area contributed by atoms with Crippen LogP contribution in [0.5, 0.6) is 0 Å². The predicted octanol–water partition coefficient (Wildman–Crippen LogP) is 14.8. The Morgan fingerprint density at radius 3 is 0.882 bits per heavy atom. The Morgan fingerprint density at radius 2 is 0.618 bits per heavy atom. The van der Waals surface area contributed by atoms with Crippen molar-refractivity contribution in [2.24, 2.45) is 0 Å². The first-order chi connectivity index (χ1) is 32.2. The molecule has 8 rings (SSSR count). The summed E-state index contributed by atoms with van der Waals surface area (Å²) in [6.07, 6.45) is 1.00. The molecule has 0 saturated heterocycles. The second-order valence-electron chi connectivity index (χ2n) is 20.9. The topological polar surface area (TPSA) is 40.5 Å². The van der Waals surface area contributed by atoms with Crippen LogP contribution in [0, 0.1) is 76.2 Å². The summed E-state index contributed by atoms with van der Waals surface area (Å²) in [5.74, 6) is 0. The summed E-state index contributed by atoms with van der Waals surface area (Å²) in [6, 6.07) is 48.7. The molecule has 0 atom stereocenters. The van der Waals surface area contributed by atoms with Crippen LogP contribution in [0.1, 0.15) is 110 Å². The Morgan fingerprint density at radius 1 is 0.353 bits per heavy atom. The monoisotopic (exact) mass is 911 g/mol. The number of hydrogen-bond donors (Lipinski definition) is 2. The molecule has 0 aliphatic heterocycles. The molecule has 0 aliphatic carbocycles. The maximum absolute atomic E-state index is 13.7. The minimum atomic E-state index is -4.52. The molecule has 2 N–H and O–H groups in total. The van der Waals surface area contributed by atoms with Gasteiger partial charge in [-0.3, -0.25) is 0 Å². The van der Waals surface area contributed by atoms with Gasteiger partial charge < -0.3 is 9.59 Å². The van der Waals surface area contributed by atoms with E-state index in [1.165, 1.54) is 106 Å². The molecule has 346 valence electrons. The second kappa shape index (κ2) is 18.8. The summed E-state index contributed by atoms with van der Waals surface area (Å²) in [4.78, 5) is 27.4. The van der Waals surface area contributed by atoms with Gasteiger partial charge in [-0.1, -0.05) is 160 Å². The van der Waals surface area contributed by atoms with Gasteiger partial charge in [0.25, 0.3) is 0 Å². The predicted molar refractivity (Wildman–Crippen MR) is 293 cm³/mol. The largest absolute Gasteiger partial charge is 0.404 e. The van der Waals surface area contributed by atoms with Crippen molar-refractivity contribution in [2.45, 2.75) is 115 Å². The molecule has 8 aromatic carbocycles. The third-order valence-corrected chi connectivity index (χ3v) is 17.5. The van der Waals surface area contributed by atoms with E-state index in [1.807, 2.05) is 0 Å². The van der Waals surface area contributed by atoms with Gasteiger partial charge in [-0.15, -0.1) is 0 Å². The van der Waals surface area contributed by atoms with Crippen LogP contribution in [0.4, 0.5) is 0 Å². The Kier molecular flexibility index (Phi) is 13.3. The molecule has 0 fully saturated rings. The summed E-state index contributed by atoms with van der Waals surface area (Å²) in [6.45, 7) is 30.8. The molecule has 0 aromatic heterocycles. The highest BCUT2D eigenvalue weighted by atomic mass is 28.4.